The summed E-state index contributed by atoms with van der Waals surface area (Å²) in [6, 6.07) is 18.9. The number of benzene rings is 2. The minimum Gasteiger partial charge on any atom is -0.467 e. The Morgan fingerprint density at radius 2 is 1.52 bits per heavy atom. The molecule has 2 rings (SSSR count). The molecule has 0 saturated carbocycles. The van der Waals surface area contributed by atoms with E-state index >= 15 is 0 Å². The molecule has 2 aromatic rings. The summed E-state index contributed by atoms with van der Waals surface area (Å²) in [4.78, 5) is 12.0. The maximum absolute atomic E-state index is 12.8. The van der Waals surface area contributed by atoms with Crippen molar-refractivity contribution in [2.75, 3.05) is 13.8 Å². The number of rotatable bonds is 7. The molecule has 0 aliphatic rings. The number of ether oxygens (including phenoxy) is 1. The number of hydrogen-bond donors (Lipinski definition) is 0. The summed E-state index contributed by atoms with van der Waals surface area (Å²) in [5, 5.41) is 0. The summed E-state index contributed by atoms with van der Waals surface area (Å²) in [6.07, 6.45) is -0.252. The summed E-state index contributed by atoms with van der Waals surface area (Å²) in [6.45, 7) is 1.56. The highest BCUT2D eigenvalue weighted by molar-refractivity contribution is 7.57. The van der Waals surface area contributed by atoms with E-state index < -0.39 is 19.4 Å². The van der Waals surface area contributed by atoms with Crippen LogP contribution in [0.2, 0.25) is 0 Å². The summed E-state index contributed by atoms with van der Waals surface area (Å²) in [7, 11) is -1.67. The number of methoxy groups -OCH3 is 1. The molecule has 2 unspecified atom stereocenters. The molecule has 23 heavy (non-hydrogen) atoms. The van der Waals surface area contributed by atoms with Gasteiger partial charge in [-0.05, 0) is 11.1 Å². The van der Waals surface area contributed by atoms with E-state index in [4.69, 9.17) is 9.26 Å². The average molecular weight is 332 g/mol. The van der Waals surface area contributed by atoms with Crippen molar-refractivity contribution in [2.45, 2.75) is 18.7 Å². The third-order valence-electron chi connectivity index (χ3n) is 3.39. The molecule has 0 fully saturated rings. The van der Waals surface area contributed by atoms with Crippen molar-refractivity contribution in [1.82, 2.24) is 0 Å². The van der Waals surface area contributed by atoms with Gasteiger partial charge in [0.2, 0.25) is 7.37 Å². The minimum absolute atomic E-state index is 0.288. The fourth-order valence-corrected chi connectivity index (χ4v) is 3.99. The Labute approximate surface area is 136 Å². The molecule has 0 radical (unpaired) electrons. The molecule has 2 atom stereocenters. The maximum atomic E-state index is 12.8. The summed E-state index contributed by atoms with van der Waals surface area (Å²) >= 11 is 0. The van der Waals surface area contributed by atoms with E-state index in [-0.39, 0.29) is 6.16 Å². The van der Waals surface area contributed by atoms with Crippen LogP contribution in [0.15, 0.2) is 60.7 Å². The van der Waals surface area contributed by atoms with E-state index in [1.807, 2.05) is 60.7 Å². The molecule has 2 aromatic carbocycles. The van der Waals surface area contributed by atoms with Gasteiger partial charge in [0.15, 0.2) is 6.10 Å². The predicted molar refractivity (Wildman–Crippen MR) is 90.7 cm³/mol. The van der Waals surface area contributed by atoms with Crippen LogP contribution in [0, 0.1) is 0 Å². The Bertz CT molecular complexity index is 670. The zero-order valence-corrected chi connectivity index (χ0v) is 14.2. The Kier molecular flexibility index (Phi) is 6.14. The highest BCUT2D eigenvalue weighted by Gasteiger charge is 2.28. The van der Waals surface area contributed by atoms with E-state index in [0.717, 1.165) is 11.1 Å². The van der Waals surface area contributed by atoms with E-state index in [1.54, 1.807) is 6.66 Å². The third-order valence-corrected chi connectivity index (χ3v) is 5.03. The van der Waals surface area contributed by atoms with Crippen LogP contribution in [-0.2, 0) is 31.2 Å². The lowest BCUT2D eigenvalue weighted by molar-refractivity contribution is -0.148. The zero-order chi connectivity index (χ0) is 16.7. The van der Waals surface area contributed by atoms with Gasteiger partial charge in [0.05, 0.1) is 7.11 Å². The summed E-state index contributed by atoms with van der Waals surface area (Å²) in [5.74, 6) is -0.510. The SMILES string of the molecule is COC(=O)C(Cc1ccccc1)OP(C)(=O)Cc1ccccc1. The quantitative estimate of drug-likeness (QED) is 0.570. The van der Waals surface area contributed by atoms with Crippen LogP contribution in [-0.4, -0.2) is 25.8 Å². The van der Waals surface area contributed by atoms with Crippen LogP contribution < -0.4 is 0 Å². The fourth-order valence-electron chi connectivity index (χ4n) is 2.34. The molecule has 0 bridgehead atoms. The molecule has 0 spiro atoms. The fraction of sp³-hybridized carbons (Fsp3) is 0.278. The molecule has 0 aliphatic carbocycles. The first-order valence-corrected chi connectivity index (χ1v) is 9.66. The summed E-state index contributed by atoms with van der Waals surface area (Å²) < 4.78 is 23.2. The van der Waals surface area contributed by atoms with Gasteiger partial charge in [-0.3, -0.25) is 4.57 Å². The lowest BCUT2D eigenvalue weighted by Gasteiger charge is -2.21. The third kappa shape index (κ3) is 5.66. The Morgan fingerprint density at radius 1 is 1.00 bits per heavy atom. The number of hydrogen-bond acceptors (Lipinski definition) is 4. The Balaban J connectivity index is 2.10. The highest BCUT2D eigenvalue weighted by Crippen LogP contribution is 2.47. The first-order valence-electron chi connectivity index (χ1n) is 7.41. The van der Waals surface area contributed by atoms with Crippen molar-refractivity contribution in [3.8, 4) is 0 Å². The van der Waals surface area contributed by atoms with Gasteiger partial charge in [-0.15, -0.1) is 0 Å². The van der Waals surface area contributed by atoms with Gasteiger partial charge in [-0.2, -0.15) is 0 Å². The molecule has 0 aromatic heterocycles. The van der Waals surface area contributed by atoms with Crippen LogP contribution in [0.3, 0.4) is 0 Å². The normalized spacial score (nSPS) is 14.7. The Morgan fingerprint density at radius 3 is 2.04 bits per heavy atom. The maximum Gasteiger partial charge on any atom is 0.335 e. The molecule has 0 N–H and O–H groups in total. The topological polar surface area (TPSA) is 52.6 Å². The van der Waals surface area contributed by atoms with Crippen LogP contribution in [0.5, 0.6) is 0 Å². The van der Waals surface area contributed by atoms with Crippen molar-refractivity contribution in [1.29, 1.82) is 0 Å². The second-order valence-corrected chi connectivity index (χ2v) is 8.02. The molecule has 5 heteroatoms. The first-order chi connectivity index (χ1) is 11.0. The van der Waals surface area contributed by atoms with Gasteiger partial charge in [0.1, 0.15) is 0 Å². The van der Waals surface area contributed by atoms with Gasteiger partial charge >= 0.3 is 5.97 Å². The van der Waals surface area contributed by atoms with E-state index in [9.17, 15) is 9.36 Å². The molecular formula is C18H21O4P. The molecule has 0 amide bonds. The zero-order valence-electron chi connectivity index (χ0n) is 13.3. The van der Waals surface area contributed by atoms with Crippen LogP contribution >= 0.6 is 7.37 Å². The molecule has 0 saturated heterocycles. The highest BCUT2D eigenvalue weighted by atomic mass is 31.2. The standard InChI is InChI=1S/C18H21O4P/c1-21-18(19)17(13-15-9-5-3-6-10-15)22-23(2,20)14-16-11-7-4-8-12-16/h3-12,17H,13-14H2,1-2H3. The number of carbonyl (C=O) groups is 1. The minimum atomic E-state index is -2.98. The molecule has 0 aliphatic heterocycles. The van der Waals surface area contributed by atoms with E-state index in [1.165, 1.54) is 7.11 Å². The van der Waals surface area contributed by atoms with Crippen molar-refractivity contribution >= 4 is 13.3 Å². The Hall–Kier alpha value is -1.90. The number of carbonyl (C=O) groups excluding carboxylic acids is 1. The largest absolute Gasteiger partial charge is 0.467 e. The smallest absolute Gasteiger partial charge is 0.335 e. The molecule has 122 valence electrons. The monoisotopic (exact) mass is 332 g/mol. The second-order valence-electron chi connectivity index (χ2n) is 5.46. The predicted octanol–water partition coefficient (Wildman–Crippen LogP) is 3.90. The van der Waals surface area contributed by atoms with Gasteiger partial charge in [0, 0.05) is 19.2 Å². The van der Waals surface area contributed by atoms with E-state index in [2.05, 4.69) is 0 Å². The van der Waals surface area contributed by atoms with Crippen molar-refractivity contribution < 1.29 is 18.6 Å². The van der Waals surface area contributed by atoms with Crippen molar-refractivity contribution in [3.05, 3.63) is 71.8 Å². The van der Waals surface area contributed by atoms with Gasteiger partial charge in [-0.25, -0.2) is 4.79 Å². The molecular weight excluding hydrogens is 311 g/mol. The van der Waals surface area contributed by atoms with Gasteiger partial charge in [-0.1, -0.05) is 60.7 Å². The van der Waals surface area contributed by atoms with Crippen LogP contribution in [0.25, 0.3) is 0 Å². The van der Waals surface area contributed by atoms with Crippen molar-refractivity contribution in [3.63, 3.8) is 0 Å². The van der Waals surface area contributed by atoms with Gasteiger partial charge in [0.25, 0.3) is 0 Å². The van der Waals surface area contributed by atoms with Crippen LogP contribution in [0.1, 0.15) is 11.1 Å². The molecule has 4 nitrogen and oxygen atoms in total. The van der Waals surface area contributed by atoms with Crippen molar-refractivity contribution in [2.24, 2.45) is 0 Å². The number of esters is 1. The second kappa shape index (κ2) is 8.09. The van der Waals surface area contributed by atoms with Crippen LogP contribution in [0.4, 0.5) is 0 Å². The lowest BCUT2D eigenvalue weighted by Crippen LogP contribution is -2.27. The average Bonchev–Trinajstić information content (AvgIpc) is 2.54. The van der Waals surface area contributed by atoms with E-state index in [0.29, 0.717) is 6.42 Å². The first kappa shape index (κ1) is 17.5. The lowest BCUT2D eigenvalue weighted by atomic mass is 10.1. The summed E-state index contributed by atoms with van der Waals surface area (Å²) in [5.41, 5.74) is 1.85. The van der Waals surface area contributed by atoms with Gasteiger partial charge < -0.3 is 9.26 Å². The molecule has 0 heterocycles.